The molecule has 0 fully saturated rings. The van der Waals surface area contributed by atoms with Gasteiger partial charge in [-0.25, -0.2) is 4.39 Å². The molecule has 1 amide bonds. The van der Waals surface area contributed by atoms with E-state index in [1.165, 1.54) is 6.07 Å². The molecular weight excluding hydrogens is 257 g/mol. The monoisotopic (exact) mass is 281 g/mol. The van der Waals surface area contributed by atoms with Crippen LogP contribution in [0.5, 0.6) is 0 Å². The third-order valence-corrected chi connectivity index (χ3v) is 3.14. The number of halogens is 1. The van der Waals surface area contributed by atoms with Crippen molar-refractivity contribution in [2.75, 3.05) is 27.2 Å². The lowest BCUT2D eigenvalue weighted by atomic mass is 10.0. The molecule has 0 saturated heterocycles. The van der Waals surface area contributed by atoms with E-state index >= 15 is 0 Å². The molecule has 0 saturated carbocycles. The lowest BCUT2D eigenvalue weighted by Gasteiger charge is -2.24. The Labute approximate surface area is 120 Å². The lowest BCUT2D eigenvalue weighted by molar-refractivity contribution is -0.125. The molecule has 0 aliphatic carbocycles. The minimum Gasteiger partial charge on any atom is -0.354 e. The van der Waals surface area contributed by atoms with Crippen LogP contribution < -0.4 is 11.1 Å². The second-order valence-electron chi connectivity index (χ2n) is 5.03. The number of nitrogens with two attached hydrogens (primary N) is 1. The van der Waals surface area contributed by atoms with Gasteiger partial charge in [-0.15, -0.1) is 0 Å². The topological polar surface area (TPSA) is 58.4 Å². The first-order valence-electron chi connectivity index (χ1n) is 6.96. The van der Waals surface area contributed by atoms with Crippen molar-refractivity contribution in [1.29, 1.82) is 0 Å². The minimum atomic E-state index is -0.606. The Morgan fingerprint density at radius 2 is 2.00 bits per heavy atom. The van der Waals surface area contributed by atoms with Crippen molar-refractivity contribution in [3.05, 3.63) is 35.6 Å². The average Bonchev–Trinajstić information content (AvgIpc) is 2.40. The van der Waals surface area contributed by atoms with Gasteiger partial charge in [-0.3, -0.25) is 9.69 Å². The highest BCUT2D eigenvalue weighted by Crippen LogP contribution is 2.21. The van der Waals surface area contributed by atoms with Crippen LogP contribution in [0, 0.1) is 5.82 Å². The van der Waals surface area contributed by atoms with E-state index in [4.69, 9.17) is 5.73 Å². The first-order chi connectivity index (χ1) is 9.57. The first-order valence-corrected chi connectivity index (χ1v) is 6.96. The second kappa shape index (κ2) is 8.66. The van der Waals surface area contributed by atoms with Gasteiger partial charge in [0.05, 0.1) is 0 Å². The van der Waals surface area contributed by atoms with Crippen LogP contribution >= 0.6 is 0 Å². The summed E-state index contributed by atoms with van der Waals surface area (Å²) in [5, 5.41) is 2.86. The van der Waals surface area contributed by atoms with Crippen LogP contribution in [0.1, 0.15) is 30.9 Å². The number of nitrogens with zero attached hydrogens (tertiary/aromatic N) is 1. The van der Waals surface area contributed by atoms with Gasteiger partial charge in [-0.1, -0.05) is 24.6 Å². The molecule has 3 N–H and O–H groups in total. The van der Waals surface area contributed by atoms with E-state index in [0.717, 1.165) is 19.3 Å². The predicted molar refractivity (Wildman–Crippen MR) is 78.7 cm³/mol. The molecule has 20 heavy (non-hydrogen) atoms. The van der Waals surface area contributed by atoms with Crippen LogP contribution in [-0.4, -0.2) is 38.0 Å². The van der Waals surface area contributed by atoms with Crippen LogP contribution in [0.2, 0.25) is 0 Å². The molecule has 5 heteroatoms. The fourth-order valence-corrected chi connectivity index (χ4v) is 2.11. The average molecular weight is 281 g/mol. The van der Waals surface area contributed by atoms with Gasteiger partial charge in [0, 0.05) is 12.1 Å². The summed E-state index contributed by atoms with van der Waals surface area (Å²) >= 11 is 0. The van der Waals surface area contributed by atoms with E-state index < -0.39 is 6.04 Å². The number of carbonyl (C=O) groups is 1. The lowest BCUT2D eigenvalue weighted by Crippen LogP contribution is -2.38. The normalized spacial score (nSPS) is 12.4. The molecular formula is C15H24FN3O. The SMILES string of the molecule is CN(C)[C@H](C(=O)NCCCCCN)c1ccccc1F. The largest absolute Gasteiger partial charge is 0.354 e. The smallest absolute Gasteiger partial charge is 0.242 e. The zero-order valence-electron chi connectivity index (χ0n) is 12.2. The van der Waals surface area contributed by atoms with Crippen molar-refractivity contribution in [3.8, 4) is 0 Å². The number of amides is 1. The third kappa shape index (κ3) is 4.90. The molecule has 1 aromatic rings. The van der Waals surface area contributed by atoms with Crippen LogP contribution in [0.3, 0.4) is 0 Å². The van der Waals surface area contributed by atoms with Crippen molar-refractivity contribution in [2.45, 2.75) is 25.3 Å². The van der Waals surface area contributed by atoms with Gasteiger partial charge in [-0.2, -0.15) is 0 Å². The number of carbonyl (C=O) groups excluding carboxylic acids is 1. The molecule has 0 bridgehead atoms. The molecule has 4 nitrogen and oxygen atoms in total. The maximum Gasteiger partial charge on any atom is 0.242 e. The molecule has 0 aliphatic rings. The summed E-state index contributed by atoms with van der Waals surface area (Å²) in [5.41, 5.74) is 5.82. The summed E-state index contributed by atoms with van der Waals surface area (Å²) in [7, 11) is 3.54. The van der Waals surface area contributed by atoms with Gasteiger partial charge < -0.3 is 11.1 Å². The maximum atomic E-state index is 13.8. The van der Waals surface area contributed by atoms with E-state index in [1.807, 2.05) is 0 Å². The van der Waals surface area contributed by atoms with Gasteiger partial charge in [0.2, 0.25) is 5.91 Å². The summed E-state index contributed by atoms with van der Waals surface area (Å²) in [6.45, 7) is 1.27. The number of unbranched alkanes of at least 4 members (excludes halogenated alkanes) is 2. The standard InChI is InChI=1S/C15H24FN3O/c1-19(2)14(12-8-4-5-9-13(12)16)15(20)18-11-7-3-6-10-17/h4-5,8-9,14H,3,6-7,10-11,17H2,1-2H3,(H,18,20)/t14-/m0/s1. The Morgan fingerprint density at radius 1 is 1.30 bits per heavy atom. The fraction of sp³-hybridized carbons (Fsp3) is 0.533. The predicted octanol–water partition coefficient (Wildman–Crippen LogP) is 1.67. The summed E-state index contributed by atoms with van der Waals surface area (Å²) in [6, 6.07) is 5.78. The van der Waals surface area contributed by atoms with Crippen LogP contribution in [0.4, 0.5) is 4.39 Å². The Bertz CT molecular complexity index is 423. The number of rotatable bonds is 8. The fourth-order valence-electron chi connectivity index (χ4n) is 2.11. The first kappa shape index (κ1) is 16.6. The van der Waals surface area contributed by atoms with Gasteiger partial charge in [0.1, 0.15) is 11.9 Å². The summed E-state index contributed by atoms with van der Waals surface area (Å²) in [6.07, 6.45) is 2.84. The molecule has 0 aromatic heterocycles. The Hall–Kier alpha value is -1.46. The zero-order valence-corrected chi connectivity index (χ0v) is 12.2. The number of hydrogen-bond acceptors (Lipinski definition) is 3. The van der Waals surface area contributed by atoms with Crippen LogP contribution in [-0.2, 0) is 4.79 Å². The van der Waals surface area contributed by atoms with Crippen molar-refractivity contribution < 1.29 is 9.18 Å². The molecule has 112 valence electrons. The third-order valence-electron chi connectivity index (χ3n) is 3.14. The van der Waals surface area contributed by atoms with E-state index in [-0.39, 0.29) is 11.7 Å². The highest BCUT2D eigenvalue weighted by atomic mass is 19.1. The number of nitrogens with one attached hydrogen (secondary N) is 1. The quantitative estimate of drug-likeness (QED) is 0.713. The molecule has 1 rings (SSSR count). The molecule has 0 unspecified atom stereocenters. The highest BCUT2D eigenvalue weighted by molar-refractivity contribution is 5.83. The van der Waals surface area contributed by atoms with Gasteiger partial charge in [-0.05, 0) is 39.5 Å². The maximum absolute atomic E-state index is 13.8. The van der Waals surface area contributed by atoms with E-state index in [1.54, 1.807) is 37.2 Å². The summed E-state index contributed by atoms with van der Waals surface area (Å²) in [4.78, 5) is 13.9. The molecule has 0 spiro atoms. The van der Waals surface area contributed by atoms with Gasteiger partial charge in [0.25, 0.3) is 0 Å². The van der Waals surface area contributed by atoms with E-state index in [9.17, 15) is 9.18 Å². The molecule has 0 heterocycles. The van der Waals surface area contributed by atoms with Crippen molar-refractivity contribution in [2.24, 2.45) is 5.73 Å². The molecule has 0 radical (unpaired) electrons. The number of benzene rings is 1. The van der Waals surface area contributed by atoms with E-state index in [2.05, 4.69) is 5.32 Å². The Balaban J connectivity index is 2.63. The zero-order chi connectivity index (χ0) is 15.0. The van der Waals surface area contributed by atoms with Gasteiger partial charge in [0.15, 0.2) is 0 Å². The summed E-state index contributed by atoms with van der Waals surface area (Å²) < 4.78 is 13.8. The van der Waals surface area contributed by atoms with Gasteiger partial charge >= 0.3 is 0 Å². The number of hydrogen-bond donors (Lipinski definition) is 2. The van der Waals surface area contributed by atoms with Crippen molar-refractivity contribution in [3.63, 3.8) is 0 Å². The number of likely N-dealkylation sites (N-methyl/N-ethyl adjacent to an activating group) is 1. The van der Waals surface area contributed by atoms with Crippen molar-refractivity contribution >= 4 is 5.91 Å². The van der Waals surface area contributed by atoms with Crippen molar-refractivity contribution in [1.82, 2.24) is 10.2 Å². The minimum absolute atomic E-state index is 0.173. The molecule has 0 aliphatic heterocycles. The van der Waals surface area contributed by atoms with Crippen LogP contribution in [0.25, 0.3) is 0 Å². The Kier molecular flexibility index (Phi) is 7.18. The Morgan fingerprint density at radius 3 is 2.60 bits per heavy atom. The highest BCUT2D eigenvalue weighted by Gasteiger charge is 2.24. The summed E-state index contributed by atoms with van der Waals surface area (Å²) in [5.74, 6) is -0.530. The van der Waals surface area contributed by atoms with Crippen LogP contribution in [0.15, 0.2) is 24.3 Å². The molecule has 1 atom stereocenters. The van der Waals surface area contributed by atoms with E-state index in [0.29, 0.717) is 18.7 Å². The molecule has 1 aromatic carbocycles. The second-order valence-corrected chi connectivity index (χ2v) is 5.03.